The number of aryl methyl sites for hydroxylation is 2. The summed E-state index contributed by atoms with van der Waals surface area (Å²) >= 11 is 29.4. The molecule has 2 saturated heterocycles. The molecule has 8 rings (SSSR count). The minimum atomic E-state index is -0.457. The van der Waals surface area contributed by atoms with Gasteiger partial charge >= 0.3 is 17.9 Å². The van der Waals surface area contributed by atoms with Gasteiger partial charge in [0.05, 0.1) is 56.1 Å². The Labute approximate surface area is 588 Å². The molecule has 0 radical (unpaired) electrons. The Morgan fingerprint density at radius 2 is 0.933 bits per heavy atom. The molecule has 4 aromatic rings. The number of benzene rings is 4. The van der Waals surface area contributed by atoms with Crippen LogP contribution in [0, 0.1) is 0 Å². The van der Waals surface area contributed by atoms with Crippen molar-refractivity contribution in [2.75, 3.05) is 112 Å². The summed E-state index contributed by atoms with van der Waals surface area (Å²) in [5.74, 6) is 0.261. The van der Waals surface area contributed by atoms with E-state index in [2.05, 4.69) is 68.5 Å². The molecule has 23 heteroatoms. The number of fused-ring (bicyclic) bond motifs is 2. The summed E-state index contributed by atoms with van der Waals surface area (Å²) in [4.78, 5) is 70.4. The Kier molecular flexibility index (Phi) is 39.1. The topological polar surface area (TPSA) is 162 Å². The third-order valence-electron chi connectivity index (χ3n) is 15.9. The second-order valence-corrected chi connectivity index (χ2v) is 23.6. The molecule has 0 aliphatic carbocycles. The number of esters is 3. The summed E-state index contributed by atoms with van der Waals surface area (Å²) in [5, 5.41) is 12.0. The molecule has 494 valence electrons. The smallest absolute Gasteiger partial charge is 0.313 e. The minimum Gasteiger partial charge on any atom is -0.494 e. The van der Waals surface area contributed by atoms with Gasteiger partial charge in [-0.05, 0) is 106 Å². The molecule has 0 bridgehead atoms. The molecule has 4 aliphatic rings. The molecule has 4 aromatic carbocycles. The molecule has 4 heterocycles. The maximum atomic E-state index is 12.8. The number of piperazine rings is 2. The van der Waals surface area contributed by atoms with Gasteiger partial charge in [-0.15, -0.1) is 24.0 Å². The van der Waals surface area contributed by atoms with Crippen molar-refractivity contribution in [3.05, 3.63) is 104 Å². The van der Waals surface area contributed by atoms with Gasteiger partial charge in [0.1, 0.15) is 18.2 Å². The summed E-state index contributed by atoms with van der Waals surface area (Å²) in [7, 11) is 0. The van der Waals surface area contributed by atoms with E-state index in [4.69, 9.17) is 60.6 Å². The first-order valence-electron chi connectivity index (χ1n) is 31.3. The molecule has 0 spiro atoms. The number of carbonyl (C=O) groups is 5. The number of carbonyl (C=O) groups excluding carboxylic acids is 5. The lowest BCUT2D eigenvalue weighted by Gasteiger charge is -2.36. The molecule has 2 fully saturated rings. The van der Waals surface area contributed by atoms with E-state index in [1.54, 1.807) is 18.7 Å². The van der Waals surface area contributed by atoms with E-state index < -0.39 is 11.9 Å². The summed E-state index contributed by atoms with van der Waals surface area (Å²) in [6, 6.07) is 23.3. The van der Waals surface area contributed by atoms with Gasteiger partial charge in [-0.2, -0.15) is 0 Å². The molecule has 0 aromatic heterocycles. The fraction of sp³-hybridized carbons (Fsp3) is 0.561. The Balaban J connectivity index is 0.000000334. The van der Waals surface area contributed by atoms with Gasteiger partial charge in [-0.25, -0.2) is 0 Å². The SMILES string of the molecule is CCC(=O)OC(=O)CC.CCCCCCCCCCCC(=O)OCN1C(=O)CCc2ccc(OCCCCN3CCN(c4cccc(Cl)c4Cl)CC3)cc21.I.II.O=C1CCc2ccc(OCCCCN3CCN(c4cccc(Cl)c4Cl)CC3)cc2N1CO. The normalized spacial score (nSPS) is 14.8. The predicted octanol–water partition coefficient (Wildman–Crippen LogP) is 16.1. The number of nitrogens with zero attached hydrogens (tertiary/aromatic N) is 6. The number of hydrogen-bond acceptors (Lipinski definition) is 14. The number of hydrogen-bond donors (Lipinski definition) is 1. The standard InChI is InChI=1S/C36H51Cl2N3O4.C24H29Cl2N3O3.C6H10O3.I2.HI/c1-2-3-4-5-6-7-8-9-10-16-35(43)45-28-41-33-27-30(19-17-29(33)18-20-34(41)42)44-26-12-11-21-39-22-24-40(25-23-39)32-15-13-14-31(37)36(32)38;25-20-4-3-5-21(24(20)26)28-13-11-27(12-14-28)10-1-2-15-32-19-8-6-18-7-9-23(31)29(17-30)22(18)16-19;1-3-5(7)9-6(8)4-2;1-2;/h13-15,17,19,27H,2-12,16,18,20-26,28H2,1H3;3-6,8,16,30H,1-2,7,9-15,17H2;3-4H2,1-2H3;;1H. The highest BCUT2D eigenvalue weighted by Gasteiger charge is 2.27. The Hall–Kier alpha value is -3.14. The van der Waals surface area contributed by atoms with Crippen molar-refractivity contribution < 1.29 is 48.0 Å². The number of unbranched alkanes of at least 4 members (excludes halogenated alkanes) is 10. The first-order chi connectivity index (χ1) is 42.7. The first kappa shape index (κ1) is 78.3. The van der Waals surface area contributed by atoms with Gasteiger partial charge < -0.3 is 33.9 Å². The lowest BCUT2D eigenvalue weighted by molar-refractivity contribution is -0.159. The predicted molar refractivity (Wildman–Crippen MR) is 389 cm³/mol. The molecule has 4 aliphatic heterocycles. The first-order valence-corrected chi connectivity index (χ1v) is 39.1. The summed E-state index contributed by atoms with van der Waals surface area (Å²) in [6.07, 6.45) is 18.0. The monoisotopic (exact) mass is 1650 g/mol. The largest absolute Gasteiger partial charge is 0.494 e. The van der Waals surface area contributed by atoms with E-state index >= 15 is 0 Å². The van der Waals surface area contributed by atoms with Crippen LogP contribution in [0.15, 0.2) is 72.8 Å². The van der Waals surface area contributed by atoms with Gasteiger partial charge in [0.15, 0.2) is 6.73 Å². The van der Waals surface area contributed by atoms with Crippen molar-refractivity contribution in [2.45, 2.75) is 149 Å². The maximum absolute atomic E-state index is 12.8. The van der Waals surface area contributed by atoms with E-state index in [0.717, 1.165) is 156 Å². The molecule has 89 heavy (non-hydrogen) atoms. The van der Waals surface area contributed by atoms with Gasteiger partial charge in [0.2, 0.25) is 11.8 Å². The highest BCUT2D eigenvalue weighted by Crippen LogP contribution is 2.36. The molecule has 1 N–H and O–H groups in total. The van der Waals surface area contributed by atoms with Crippen LogP contribution in [-0.4, -0.2) is 137 Å². The molecule has 0 atom stereocenters. The van der Waals surface area contributed by atoms with Crippen molar-refractivity contribution in [1.82, 2.24) is 9.80 Å². The van der Waals surface area contributed by atoms with E-state index in [1.807, 2.05) is 72.8 Å². The van der Waals surface area contributed by atoms with E-state index in [1.165, 1.54) is 43.4 Å². The second-order valence-electron chi connectivity index (χ2n) is 22.1. The third-order valence-corrected chi connectivity index (χ3v) is 17.5. The van der Waals surface area contributed by atoms with Gasteiger partial charge in [-0.3, -0.25) is 43.6 Å². The third kappa shape index (κ3) is 27.0. The second kappa shape index (κ2) is 44.5. The van der Waals surface area contributed by atoms with Gasteiger partial charge in [0, 0.05) is 134 Å². The summed E-state index contributed by atoms with van der Waals surface area (Å²) < 4.78 is 21.8. The van der Waals surface area contributed by atoms with E-state index in [-0.39, 0.29) is 68.1 Å². The Morgan fingerprint density at radius 1 is 0.506 bits per heavy atom. The maximum Gasteiger partial charge on any atom is 0.313 e. The van der Waals surface area contributed by atoms with Gasteiger partial charge in [-0.1, -0.05) is 143 Å². The fourth-order valence-corrected chi connectivity index (χ4v) is 11.6. The number of rotatable bonds is 29. The van der Waals surface area contributed by atoms with Crippen molar-refractivity contribution in [1.29, 1.82) is 0 Å². The molecular formula is C66H91Cl4I3N6O10. The van der Waals surface area contributed by atoms with Crippen molar-refractivity contribution in [2.24, 2.45) is 0 Å². The van der Waals surface area contributed by atoms with Crippen LogP contribution < -0.4 is 29.1 Å². The van der Waals surface area contributed by atoms with Crippen molar-refractivity contribution in [3.63, 3.8) is 0 Å². The van der Waals surface area contributed by atoms with Crippen LogP contribution in [0.25, 0.3) is 0 Å². The van der Waals surface area contributed by atoms with Crippen LogP contribution in [0.1, 0.15) is 147 Å². The van der Waals surface area contributed by atoms with Crippen LogP contribution in [-0.2, 0) is 46.3 Å². The highest BCUT2D eigenvalue weighted by molar-refractivity contribution is 15.0. The van der Waals surface area contributed by atoms with Crippen molar-refractivity contribution in [3.8, 4) is 11.5 Å². The zero-order chi connectivity index (χ0) is 63.6. The van der Waals surface area contributed by atoms with Crippen LogP contribution in [0.5, 0.6) is 11.5 Å². The quantitative estimate of drug-likeness (QED) is 0.0236. The van der Waals surface area contributed by atoms with Crippen LogP contribution in [0.4, 0.5) is 22.7 Å². The number of halogens is 7. The van der Waals surface area contributed by atoms with Crippen LogP contribution in [0.3, 0.4) is 0 Å². The van der Waals surface area contributed by atoms with Crippen LogP contribution >= 0.6 is 108 Å². The number of anilines is 4. The van der Waals surface area contributed by atoms with Crippen LogP contribution in [0.2, 0.25) is 20.1 Å². The lowest BCUT2D eigenvalue weighted by Crippen LogP contribution is -2.46. The number of ether oxygens (including phenoxy) is 4. The van der Waals surface area contributed by atoms with E-state index in [9.17, 15) is 29.1 Å². The Bertz CT molecular complexity index is 2780. The fourth-order valence-electron chi connectivity index (χ4n) is 10.7. The molecule has 0 unspecified atom stereocenters. The Morgan fingerprint density at radius 3 is 1.37 bits per heavy atom. The van der Waals surface area contributed by atoms with Crippen molar-refractivity contribution >= 4 is 160 Å². The molecular weight excluding hydrogens is 1560 g/mol. The zero-order valence-corrected chi connectivity index (χ0v) is 61.6. The summed E-state index contributed by atoms with van der Waals surface area (Å²) in [5.41, 5.74) is 5.73. The zero-order valence-electron chi connectivity index (χ0n) is 52.0. The summed E-state index contributed by atoms with van der Waals surface area (Å²) in [6.45, 7) is 16.2. The molecule has 16 nitrogen and oxygen atoms in total. The van der Waals surface area contributed by atoms with Gasteiger partial charge in [0.25, 0.3) is 0 Å². The average molecular weight is 1650 g/mol. The highest BCUT2D eigenvalue weighted by atomic mass is 128. The van der Waals surface area contributed by atoms with E-state index in [0.29, 0.717) is 65.4 Å². The molecule has 0 saturated carbocycles. The average Bonchev–Trinajstić information content (AvgIpc) is 1.16. The minimum absolute atomic E-state index is 0. The number of aliphatic hydroxyl groups excluding tert-OH is 1. The number of amides is 2. The lowest BCUT2D eigenvalue weighted by atomic mass is 10.0. The molecule has 2 amide bonds. The number of aliphatic hydroxyl groups is 1.